The standard InChI is InChI=1S/C22H27F2N3O3S.C17H24F2N2O2S.C16H22F2N2O2S.C15H20F2N2O2S.C14H19F3N2OS.C14H15F3N2OS/c1-21(19(29)26-20(31-21)25-17-11-13-2-3-14(17)10-13)22(23,24)16-4-7-27(8-5-16)18(28)15-6-9-30-12-15;1-16(17(18,19)12-4-6-23-7-5-12)14(22)21-15(24-16)20-13-9-10-2-3-11(13)8-10;1-15(10-2-4-22-5-3-10)13(21)20-14(23-15)19-12-7-11-6-9(12)8-16(11,17)18;1-14(9-2-3-21-7-9)12(20)19-13(22-14)18-11-5-10-4-8(11)6-15(10,16)17;1-12(2,15)13(3)10(20)19-11(21-13)18-9-5-8-4-7(9)6-14(8,16)17;1-8(9-6-4-5-7-10(9)15)18-12-19-11(20)13(2,21-12)14(3,16)17/h6,9,12-14,16-17H,2-5,7-8,10-11H2,1H3,(H,25,26,29);10-13H,2-9H2,1H3,(H,20,21,22);9-12H,2-8H2,1H3,(H,19,20,21);8-11H,2-7H2,1H3,(H,18,19,20);7-9H,4-6H2,1-3H3,(H,18,19,20);4-8H,1-3H3,(H,18,19,20)/t13-,14+,17+,21?;10-,11+,13+,16?;9-,11-,12+,15?;8-,9-,10-,11+,14?;7-,8-,9+,13-;8-,13?/m111110/s1. The van der Waals surface area contributed by atoms with E-state index in [2.05, 4.69) is 61.9 Å². The third-order valence-corrected chi connectivity index (χ3v) is 42.4. The average Bonchev–Trinajstić information content (AvgIpc) is 1.54. The van der Waals surface area contributed by atoms with Gasteiger partial charge in [0.1, 0.15) is 32.0 Å². The number of benzene rings is 1. The van der Waals surface area contributed by atoms with Gasteiger partial charge in [-0.05, 0) is 244 Å². The Morgan fingerprint density at radius 2 is 0.789 bits per heavy atom. The first-order valence-corrected chi connectivity index (χ1v) is 54.8. The lowest BCUT2D eigenvalue weighted by Crippen LogP contribution is -2.55. The molecule has 1 aromatic heterocycles. The van der Waals surface area contributed by atoms with Gasteiger partial charge in [0.2, 0.25) is 35.4 Å². The number of rotatable bonds is 16. The first kappa shape index (κ1) is 107. The summed E-state index contributed by atoms with van der Waals surface area (Å²) in [5, 5.41) is 18.4. The third-order valence-electron chi connectivity index (χ3n) is 34.4. The second-order valence-electron chi connectivity index (χ2n) is 43.9. The normalized spacial score (nSPS) is 39.8. The number of amides is 7. The molecule has 784 valence electrons. The number of carbonyl (C=O) groups excluding carboxylic acids is 7. The molecule has 0 spiro atoms. The van der Waals surface area contributed by atoms with Crippen LogP contribution >= 0.6 is 70.6 Å². The van der Waals surface area contributed by atoms with Gasteiger partial charge in [-0.15, -0.1) is 0 Å². The van der Waals surface area contributed by atoms with E-state index >= 15 is 17.6 Å². The number of hydrogen-bond acceptors (Lipinski definition) is 23. The molecule has 23 atom stereocenters. The van der Waals surface area contributed by atoms with Gasteiger partial charge >= 0.3 is 0 Å². The average molecular weight is 2120 g/mol. The van der Waals surface area contributed by atoms with Crippen LogP contribution in [0.2, 0.25) is 0 Å². The Kier molecular flexibility index (Phi) is 30.6. The van der Waals surface area contributed by atoms with Crippen LogP contribution in [0.25, 0.3) is 0 Å². The van der Waals surface area contributed by atoms with Crippen LogP contribution < -0.4 is 31.9 Å². The van der Waals surface area contributed by atoms with E-state index in [9.17, 15) is 77.5 Å². The molecular weight excluding hydrogens is 1990 g/mol. The number of fused-ring (bicyclic) bond motifs is 10. The van der Waals surface area contributed by atoms with Crippen LogP contribution in [0.3, 0.4) is 0 Å². The summed E-state index contributed by atoms with van der Waals surface area (Å²) in [6, 6.07) is 7.13. The van der Waals surface area contributed by atoms with E-state index in [0.717, 1.165) is 79.7 Å². The van der Waals surface area contributed by atoms with Gasteiger partial charge in [-0.25, -0.2) is 61.5 Å². The van der Waals surface area contributed by atoms with E-state index in [-0.39, 0.29) is 128 Å². The van der Waals surface area contributed by atoms with Crippen LogP contribution in [0.1, 0.15) is 245 Å². The molecule has 142 heavy (non-hydrogen) atoms. The first-order valence-electron chi connectivity index (χ1n) is 49.9. The first-order chi connectivity index (χ1) is 66.6. The Bertz CT molecular complexity index is 5290. The van der Waals surface area contributed by atoms with Crippen LogP contribution in [0.5, 0.6) is 0 Å². The molecule has 1 aromatic carbocycles. The number of ether oxygens (including phenoxy) is 3. The van der Waals surface area contributed by atoms with Crippen LogP contribution in [0.4, 0.5) is 61.5 Å². The van der Waals surface area contributed by atoms with Crippen molar-refractivity contribution < 1.29 is 114 Å². The van der Waals surface area contributed by atoms with Crippen LogP contribution in [0, 0.1) is 88.7 Å². The van der Waals surface area contributed by atoms with Crippen molar-refractivity contribution in [2.24, 2.45) is 113 Å². The van der Waals surface area contributed by atoms with E-state index in [1.807, 2.05) is 13.8 Å². The van der Waals surface area contributed by atoms with Crippen molar-refractivity contribution in [3.05, 3.63) is 59.8 Å². The smallest absolute Gasteiger partial charge is 0.274 e. The molecule has 6 N–H and O–H groups in total. The van der Waals surface area contributed by atoms with Crippen molar-refractivity contribution in [1.29, 1.82) is 0 Å². The molecular formula is C98H127F14N13O11S6. The molecule has 10 bridgehead atoms. The zero-order valence-electron chi connectivity index (χ0n) is 81.1. The van der Waals surface area contributed by atoms with Crippen LogP contribution in [-0.2, 0) is 43.0 Å². The number of nitrogens with one attached hydrogen (secondary N) is 6. The number of nitrogens with zero attached hydrogens (tertiary/aromatic N) is 7. The highest BCUT2D eigenvalue weighted by Crippen LogP contribution is 2.61. The van der Waals surface area contributed by atoms with Gasteiger partial charge in [0, 0.05) is 113 Å². The van der Waals surface area contributed by atoms with Crippen molar-refractivity contribution in [3.63, 3.8) is 0 Å². The number of aliphatic imine (C=N–C) groups is 6. The number of alkyl halides is 13. The maximum Gasteiger partial charge on any atom is 0.274 e. The molecule has 2 aromatic rings. The van der Waals surface area contributed by atoms with Crippen LogP contribution in [-0.4, -0.2) is 230 Å². The number of furan rings is 1. The van der Waals surface area contributed by atoms with E-state index in [1.165, 1.54) is 109 Å². The van der Waals surface area contributed by atoms with Crippen molar-refractivity contribution in [1.82, 2.24) is 36.8 Å². The van der Waals surface area contributed by atoms with Gasteiger partial charge in [0.05, 0.1) is 54.7 Å². The molecule has 10 saturated carbocycles. The molecule has 24 nitrogen and oxygen atoms in total. The quantitative estimate of drug-likeness (QED) is 0.0851. The predicted octanol–water partition coefficient (Wildman–Crippen LogP) is 19.1. The molecule has 44 heteroatoms. The third kappa shape index (κ3) is 21.2. The van der Waals surface area contributed by atoms with E-state index in [4.69, 9.17) is 18.6 Å². The minimum atomic E-state index is -3.21. The highest BCUT2D eigenvalue weighted by molar-refractivity contribution is 8.18. The number of amidine groups is 6. The largest absolute Gasteiger partial charge is 0.472 e. The minimum absolute atomic E-state index is 0.00152. The SMILES string of the molecule is CC(C)(F)[C@]1(C)SC(=N[C@H]2C[C@H]3C[C@@H]2CC3(F)F)NC1=O.CC1(C(F)(F)C2CCN(C(=O)c3ccoc3)CC2)SC(=N[C@H]2C[C@@H]3CC[C@H]2C3)NC1=O.CC1(C(F)(F)C2CCOCC2)SC(=N[C@H]2C[C@@H]3CC[C@H]2C3)NC1=O.CC1(C2CCOCC2)SC(=N[C@H]2C[C@H]3C[C@@H]2CC3(F)F)NC1=O.CC1([C@@H]2CCOC2)SC(=N[C@H]2C[C@H]3C[C@@H]2CC3(F)F)NC1=O.C[C@H](N=C1NC(=O)C(C)(C(C)(F)F)S1)c1ccccc1F. The number of hydrogen-bond donors (Lipinski definition) is 6. The maximum absolute atomic E-state index is 15.6. The van der Waals surface area contributed by atoms with Crippen molar-refractivity contribution in [2.75, 3.05) is 52.7 Å². The molecule has 22 rings (SSSR count). The molecule has 7 amide bonds. The molecule has 11 heterocycles. The van der Waals surface area contributed by atoms with Crippen molar-refractivity contribution in [2.45, 2.75) is 329 Å². The summed E-state index contributed by atoms with van der Waals surface area (Å²) >= 11 is 6.51. The van der Waals surface area contributed by atoms with Gasteiger partial charge in [-0.1, -0.05) is 102 Å². The molecule has 10 aliphatic carbocycles. The van der Waals surface area contributed by atoms with Gasteiger partial charge < -0.3 is 55.4 Å². The Morgan fingerprint density at radius 1 is 0.415 bits per heavy atom. The van der Waals surface area contributed by atoms with Gasteiger partial charge in [0.15, 0.2) is 45.2 Å². The Balaban J connectivity index is 0.000000118. The summed E-state index contributed by atoms with van der Waals surface area (Å²) in [5.74, 6) is -20.8. The number of halogens is 14. The van der Waals surface area contributed by atoms with Gasteiger partial charge in [-0.2, -0.15) is 0 Å². The molecule has 20 aliphatic rings. The fraction of sp³-hybridized carbons (Fsp3) is 0.765. The Hall–Kier alpha value is -6.19. The number of thioether (sulfide) groups is 6. The van der Waals surface area contributed by atoms with Gasteiger partial charge in [-0.3, -0.25) is 63.5 Å². The second kappa shape index (κ2) is 40.6. The summed E-state index contributed by atoms with van der Waals surface area (Å²) in [5.41, 5.74) is -0.929. The second-order valence-corrected chi connectivity index (χ2v) is 52.4. The van der Waals surface area contributed by atoms with E-state index in [0.29, 0.717) is 164 Å². The minimum Gasteiger partial charge on any atom is -0.472 e. The maximum atomic E-state index is 15.6. The number of carbonyl (C=O) groups is 7. The van der Waals surface area contributed by atoms with E-state index < -0.39 is 135 Å². The lowest BCUT2D eigenvalue weighted by atomic mass is 9.82. The molecule has 10 aliphatic heterocycles. The van der Waals surface area contributed by atoms with Crippen LogP contribution in [0.15, 0.2) is 77.2 Å². The van der Waals surface area contributed by atoms with Crippen molar-refractivity contribution >= 4 is 143 Å². The summed E-state index contributed by atoms with van der Waals surface area (Å²) < 4.78 is 211. The molecule has 20 fully saturated rings. The fourth-order valence-corrected chi connectivity index (χ4v) is 31.6. The predicted molar refractivity (Wildman–Crippen MR) is 520 cm³/mol. The van der Waals surface area contributed by atoms with E-state index in [1.54, 1.807) is 43.0 Å². The van der Waals surface area contributed by atoms with Gasteiger partial charge in [0.25, 0.3) is 41.4 Å². The monoisotopic (exact) mass is 2120 g/mol. The topological polar surface area (TPSA) is 310 Å². The number of likely N-dealkylation sites (tertiary alicyclic amines) is 1. The summed E-state index contributed by atoms with van der Waals surface area (Å²) in [4.78, 5) is 115. The molecule has 10 saturated heterocycles. The highest BCUT2D eigenvalue weighted by Gasteiger charge is 2.68. The number of piperidine rings is 1. The molecule has 0 radical (unpaired) electrons. The lowest BCUT2D eigenvalue weighted by molar-refractivity contribution is -0.146. The highest BCUT2D eigenvalue weighted by atomic mass is 32.2. The summed E-state index contributed by atoms with van der Waals surface area (Å²) in [6.07, 6.45) is 18.2. The Labute approximate surface area is 842 Å². The summed E-state index contributed by atoms with van der Waals surface area (Å²) in [6.45, 7) is 18.2. The lowest BCUT2D eigenvalue weighted by Gasteiger charge is -2.40. The Morgan fingerprint density at radius 3 is 1.15 bits per heavy atom. The molecule has 5 unspecified atom stereocenters. The summed E-state index contributed by atoms with van der Waals surface area (Å²) in [7, 11) is 0. The zero-order chi connectivity index (χ0) is 102. The fourth-order valence-electron chi connectivity index (χ4n) is 24.6. The van der Waals surface area contributed by atoms with Crippen molar-refractivity contribution in [3.8, 4) is 0 Å². The zero-order valence-corrected chi connectivity index (χ0v) is 86.0.